The van der Waals surface area contributed by atoms with E-state index in [-0.39, 0.29) is 28.5 Å². The van der Waals surface area contributed by atoms with Crippen molar-refractivity contribution < 1.29 is 28.7 Å². The van der Waals surface area contributed by atoms with Crippen LogP contribution in [0.3, 0.4) is 0 Å². The number of carbonyl (C=O) groups excluding carboxylic acids is 2. The van der Waals surface area contributed by atoms with Crippen molar-refractivity contribution in [3.8, 4) is 11.5 Å². The number of hydrogen-bond acceptors (Lipinski definition) is 7. The van der Waals surface area contributed by atoms with E-state index in [0.717, 1.165) is 11.3 Å². The minimum atomic E-state index is -0.651. The van der Waals surface area contributed by atoms with Crippen molar-refractivity contribution >= 4 is 23.6 Å². The van der Waals surface area contributed by atoms with Gasteiger partial charge in [-0.25, -0.2) is 4.79 Å². The third kappa shape index (κ3) is 4.87. The highest BCUT2D eigenvalue weighted by Gasteiger charge is 2.36. The van der Waals surface area contributed by atoms with Crippen molar-refractivity contribution in [1.29, 1.82) is 0 Å². The van der Waals surface area contributed by atoms with E-state index in [2.05, 4.69) is 0 Å². The fraction of sp³-hybridized carbons (Fsp3) is 0.250. The van der Waals surface area contributed by atoms with Gasteiger partial charge in [-0.3, -0.25) is 14.9 Å². The number of methoxy groups -OCH3 is 3. The average molecular weight is 452 g/mol. The molecular weight excluding hydrogens is 428 g/mol. The maximum atomic E-state index is 13.2. The SMILES string of the molecule is COC(=O)C1=C(C)N(CCc2ccc(OC)cc2)C(=O)/C1=C\c1ccc(OC)c([N+](=O)[O-])c1. The standard InChI is InChI=1S/C24H24N2O7/c1-15-22(24(28)33-4)19(13-17-7-10-21(32-3)20(14-17)26(29)30)23(27)25(15)12-11-16-5-8-18(31-2)9-6-16/h5-10,13-14H,11-12H2,1-4H3/b19-13-. The van der Waals surface area contributed by atoms with Gasteiger partial charge >= 0.3 is 11.7 Å². The number of nitrogens with zero attached hydrogens (tertiary/aromatic N) is 2. The van der Waals surface area contributed by atoms with Crippen LogP contribution in [-0.2, 0) is 20.7 Å². The molecule has 0 spiro atoms. The Morgan fingerprint density at radius 2 is 1.79 bits per heavy atom. The molecule has 3 rings (SSSR count). The lowest BCUT2D eigenvalue weighted by atomic mass is 10.0. The minimum Gasteiger partial charge on any atom is -0.497 e. The molecule has 33 heavy (non-hydrogen) atoms. The Morgan fingerprint density at radius 1 is 1.09 bits per heavy atom. The minimum absolute atomic E-state index is 0.0981. The van der Waals surface area contributed by atoms with E-state index in [4.69, 9.17) is 14.2 Å². The molecule has 0 bridgehead atoms. The molecule has 9 nitrogen and oxygen atoms in total. The average Bonchev–Trinajstić information content (AvgIpc) is 3.06. The van der Waals surface area contributed by atoms with Gasteiger partial charge < -0.3 is 19.1 Å². The van der Waals surface area contributed by atoms with Gasteiger partial charge in [-0.05, 0) is 48.7 Å². The lowest BCUT2D eigenvalue weighted by molar-refractivity contribution is -0.385. The van der Waals surface area contributed by atoms with Gasteiger partial charge in [0.25, 0.3) is 5.91 Å². The summed E-state index contributed by atoms with van der Waals surface area (Å²) in [6.07, 6.45) is 2.01. The first-order chi connectivity index (χ1) is 15.8. The number of amides is 1. The molecular formula is C24H24N2O7. The van der Waals surface area contributed by atoms with Gasteiger partial charge in [-0.2, -0.15) is 0 Å². The molecule has 1 aliphatic rings. The Hall–Kier alpha value is -4.14. The highest BCUT2D eigenvalue weighted by molar-refractivity contribution is 6.16. The first-order valence-electron chi connectivity index (χ1n) is 10.1. The maximum absolute atomic E-state index is 13.2. The van der Waals surface area contributed by atoms with Gasteiger partial charge in [0.1, 0.15) is 5.75 Å². The van der Waals surface area contributed by atoms with Gasteiger partial charge in [0, 0.05) is 18.3 Å². The molecule has 0 saturated carbocycles. The van der Waals surface area contributed by atoms with Crippen LogP contribution in [0, 0.1) is 10.1 Å². The first kappa shape index (κ1) is 23.5. The molecule has 0 aliphatic carbocycles. The van der Waals surface area contributed by atoms with Crippen molar-refractivity contribution in [1.82, 2.24) is 4.90 Å². The van der Waals surface area contributed by atoms with Crippen LogP contribution < -0.4 is 9.47 Å². The van der Waals surface area contributed by atoms with Crippen LogP contribution in [0.4, 0.5) is 5.69 Å². The summed E-state index contributed by atoms with van der Waals surface area (Å²) in [6.45, 7) is 2.02. The smallest absolute Gasteiger partial charge is 0.340 e. The number of allylic oxidation sites excluding steroid dienone is 1. The molecule has 2 aromatic carbocycles. The largest absolute Gasteiger partial charge is 0.497 e. The second-order valence-corrected chi connectivity index (χ2v) is 7.25. The first-order valence-corrected chi connectivity index (χ1v) is 10.1. The van der Waals surface area contributed by atoms with E-state index in [1.165, 1.54) is 37.3 Å². The van der Waals surface area contributed by atoms with E-state index < -0.39 is 10.9 Å². The summed E-state index contributed by atoms with van der Waals surface area (Å²) in [7, 11) is 4.16. The zero-order chi connectivity index (χ0) is 24.1. The summed E-state index contributed by atoms with van der Waals surface area (Å²) in [5.74, 6) is -0.193. The number of carbonyl (C=O) groups is 2. The molecule has 0 aromatic heterocycles. The van der Waals surface area contributed by atoms with Crippen LogP contribution in [0.5, 0.6) is 11.5 Å². The summed E-state index contributed by atoms with van der Waals surface area (Å²) in [5.41, 5.74) is 1.86. The summed E-state index contributed by atoms with van der Waals surface area (Å²) in [5, 5.41) is 11.4. The number of ether oxygens (including phenoxy) is 3. The van der Waals surface area contributed by atoms with Crippen molar-refractivity contribution in [2.45, 2.75) is 13.3 Å². The highest BCUT2D eigenvalue weighted by atomic mass is 16.6. The van der Waals surface area contributed by atoms with Gasteiger partial charge in [0.2, 0.25) is 0 Å². The van der Waals surface area contributed by atoms with Crippen LogP contribution in [-0.4, -0.2) is 49.6 Å². The van der Waals surface area contributed by atoms with Gasteiger partial charge in [0.05, 0.1) is 37.4 Å². The van der Waals surface area contributed by atoms with Crippen molar-refractivity contribution in [2.24, 2.45) is 0 Å². The van der Waals surface area contributed by atoms with E-state index in [9.17, 15) is 19.7 Å². The Balaban J connectivity index is 1.94. The number of nitro groups is 1. The lowest BCUT2D eigenvalue weighted by Crippen LogP contribution is -2.27. The molecule has 0 unspecified atom stereocenters. The molecule has 1 amide bonds. The molecule has 0 atom stereocenters. The monoisotopic (exact) mass is 452 g/mol. The van der Waals surface area contributed by atoms with E-state index in [0.29, 0.717) is 24.2 Å². The van der Waals surface area contributed by atoms with Crippen molar-refractivity contribution in [2.75, 3.05) is 27.9 Å². The second kappa shape index (κ2) is 9.99. The quantitative estimate of drug-likeness (QED) is 0.261. The summed E-state index contributed by atoms with van der Waals surface area (Å²) >= 11 is 0. The molecule has 0 saturated heterocycles. The number of rotatable bonds is 8. The van der Waals surface area contributed by atoms with Gasteiger partial charge in [-0.1, -0.05) is 18.2 Å². The zero-order valence-corrected chi connectivity index (χ0v) is 18.8. The third-order valence-electron chi connectivity index (χ3n) is 5.39. The third-order valence-corrected chi connectivity index (χ3v) is 5.39. The van der Waals surface area contributed by atoms with Crippen LogP contribution >= 0.6 is 0 Å². The molecule has 9 heteroatoms. The molecule has 172 valence electrons. The van der Waals surface area contributed by atoms with Crippen molar-refractivity contribution in [3.05, 3.63) is 80.5 Å². The van der Waals surface area contributed by atoms with Crippen LogP contribution in [0.1, 0.15) is 18.1 Å². The lowest BCUT2D eigenvalue weighted by Gasteiger charge is -2.18. The number of benzene rings is 2. The predicted molar refractivity (Wildman–Crippen MR) is 121 cm³/mol. The normalized spacial score (nSPS) is 14.6. The van der Waals surface area contributed by atoms with Crippen LogP contribution in [0.15, 0.2) is 59.3 Å². The summed E-state index contributed by atoms with van der Waals surface area (Å²) in [6, 6.07) is 11.8. The number of nitro benzene ring substituents is 1. The summed E-state index contributed by atoms with van der Waals surface area (Å²) < 4.78 is 15.1. The Labute approximate surface area is 191 Å². The van der Waals surface area contributed by atoms with Crippen LogP contribution in [0.2, 0.25) is 0 Å². The molecule has 1 heterocycles. The zero-order valence-electron chi connectivity index (χ0n) is 18.8. The Kier molecular flexibility index (Phi) is 7.12. The molecule has 0 fully saturated rings. The van der Waals surface area contributed by atoms with E-state index in [1.807, 2.05) is 24.3 Å². The second-order valence-electron chi connectivity index (χ2n) is 7.25. The molecule has 1 aliphatic heterocycles. The topological polar surface area (TPSA) is 108 Å². The highest BCUT2D eigenvalue weighted by Crippen LogP contribution is 2.34. The summed E-state index contributed by atoms with van der Waals surface area (Å²) in [4.78, 5) is 38.0. The van der Waals surface area contributed by atoms with Crippen LogP contribution in [0.25, 0.3) is 6.08 Å². The Bertz CT molecular complexity index is 1150. The maximum Gasteiger partial charge on any atom is 0.340 e. The van der Waals surface area contributed by atoms with Gasteiger partial charge in [0.15, 0.2) is 5.75 Å². The number of esters is 1. The van der Waals surface area contributed by atoms with E-state index >= 15 is 0 Å². The predicted octanol–water partition coefficient (Wildman–Crippen LogP) is 3.53. The van der Waals surface area contributed by atoms with Crippen molar-refractivity contribution in [3.63, 3.8) is 0 Å². The fourth-order valence-corrected chi connectivity index (χ4v) is 3.64. The van der Waals surface area contributed by atoms with Gasteiger partial charge in [-0.15, -0.1) is 0 Å². The molecule has 0 radical (unpaired) electrons. The molecule has 2 aromatic rings. The van der Waals surface area contributed by atoms with E-state index in [1.54, 1.807) is 20.1 Å². The fourth-order valence-electron chi connectivity index (χ4n) is 3.64. The molecule has 0 N–H and O–H groups in total. The Morgan fingerprint density at radius 3 is 2.36 bits per heavy atom. The number of hydrogen-bond donors (Lipinski definition) is 0.